The van der Waals surface area contributed by atoms with Gasteiger partial charge in [0.15, 0.2) is 0 Å². The standard InChI is InChI=1S/C12H14N4O2/c1-12(2)9(15-16-10(12)17)14-11(18)13-8-6-4-3-5-7-8/h3-7H,1-2H3,(H,16,17)(H2,13,14,15,18). The van der Waals surface area contributed by atoms with Crippen molar-refractivity contribution in [2.75, 3.05) is 5.32 Å². The van der Waals surface area contributed by atoms with Crippen molar-refractivity contribution in [3.63, 3.8) is 0 Å². The minimum absolute atomic E-state index is 0.238. The van der Waals surface area contributed by atoms with Crippen molar-refractivity contribution < 1.29 is 9.59 Å². The van der Waals surface area contributed by atoms with Crippen molar-refractivity contribution >= 4 is 23.5 Å². The average Bonchev–Trinajstić information content (AvgIpc) is 2.57. The SMILES string of the molecule is CC1(C)C(=O)NN=C1NC(=O)Nc1ccccc1. The maximum absolute atomic E-state index is 11.7. The number of benzene rings is 1. The van der Waals surface area contributed by atoms with E-state index in [1.807, 2.05) is 18.2 Å². The molecule has 0 atom stereocenters. The summed E-state index contributed by atoms with van der Waals surface area (Å²) in [4.78, 5) is 23.2. The van der Waals surface area contributed by atoms with Gasteiger partial charge >= 0.3 is 6.03 Å². The molecule has 6 heteroatoms. The van der Waals surface area contributed by atoms with E-state index in [1.165, 1.54) is 0 Å². The predicted octanol–water partition coefficient (Wildman–Crippen LogP) is 1.28. The average molecular weight is 246 g/mol. The van der Waals surface area contributed by atoms with Crippen LogP contribution in [0.5, 0.6) is 0 Å². The van der Waals surface area contributed by atoms with Crippen LogP contribution in [0.1, 0.15) is 13.8 Å². The molecule has 0 radical (unpaired) electrons. The fraction of sp³-hybridized carbons (Fsp3) is 0.250. The van der Waals surface area contributed by atoms with Gasteiger partial charge in [-0.15, -0.1) is 0 Å². The Morgan fingerprint density at radius 3 is 2.44 bits per heavy atom. The smallest absolute Gasteiger partial charge is 0.308 e. The molecule has 2 rings (SSSR count). The molecule has 0 unspecified atom stereocenters. The second kappa shape index (κ2) is 4.48. The summed E-state index contributed by atoms with van der Waals surface area (Å²) in [7, 11) is 0. The first-order valence-electron chi connectivity index (χ1n) is 5.52. The van der Waals surface area contributed by atoms with Crippen LogP contribution in [0.25, 0.3) is 0 Å². The van der Waals surface area contributed by atoms with Gasteiger partial charge in [0.25, 0.3) is 5.91 Å². The molecular weight excluding hydrogens is 232 g/mol. The van der Waals surface area contributed by atoms with Crippen molar-refractivity contribution in [3.8, 4) is 0 Å². The monoisotopic (exact) mass is 246 g/mol. The lowest BCUT2D eigenvalue weighted by molar-refractivity contribution is -0.125. The summed E-state index contributed by atoms with van der Waals surface area (Å²) in [6.07, 6.45) is 0. The zero-order valence-electron chi connectivity index (χ0n) is 10.2. The lowest BCUT2D eigenvalue weighted by Crippen LogP contribution is -2.43. The second-order valence-corrected chi connectivity index (χ2v) is 4.47. The number of carbonyl (C=O) groups is 2. The number of hydrazone groups is 1. The van der Waals surface area contributed by atoms with Gasteiger partial charge in [-0.05, 0) is 26.0 Å². The Morgan fingerprint density at radius 2 is 1.89 bits per heavy atom. The molecule has 3 N–H and O–H groups in total. The number of nitrogens with zero attached hydrogens (tertiary/aromatic N) is 1. The zero-order chi connectivity index (χ0) is 13.2. The van der Waals surface area contributed by atoms with Crippen LogP contribution in [0.15, 0.2) is 35.4 Å². The van der Waals surface area contributed by atoms with E-state index in [0.717, 1.165) is 0 Å². The van der Waals surface area contributed by atoms with Crippen LogP contribution < -0.4 is 16.1 Å². The third kappa shape index (κ3) is 2.32. The molecule has 1 aromatic rings. The van der Waals surface area contributed by atoms with Crippen molar-refractivity contribution in [1.82, 2.24) is 10.7 Å². The number of amidine groups is 1. The molecule has 0 saturated heterocycles. The maximum Gasteiger partial charge on any atom is 0.324 e. The number of rotatable bonds is 1. The van der Waals surface area contributed by atoms with E-state index in [-0.39, 0.29) is 5.91 Å². The minimum atomic E-state index is -0.825. The van der Waals surface area contributed by atoms with Gasteiger partial charge in [-0.3, -0.25) is 10.1 Å². The summed E-state index contributed by atoms with van der Waals surface area (Å²) in [5.41, 5.74) is 2.18. The lowest BCUT2D eigenvalue weighted by Gasteiger charge is -2.17. The first kappa shape index (κ1) is 12.1. The van der Waals surface area contributed by atoms with E-state index in [2.05, 4.69) is 21.2 Å². The fourth-order valence-corrected chi connectivity index (χ4v) is 1.47. The van der Waals surface area contributed by atoms with E-state index >= 15 is 0 Å². The second-order valence-electron chi connectivity index (χ2n) is 4.47. The van der Waals surface area contributed by atoms with Gasteiger partial charge in [0, 0.05) is 5.69 Å². The summed E-state index contributed by atoms with van der Waals surface area (Å²) in [5, 5.41) is 9.01. The van der Waals surface area contributed by atoms with Gasteiger partial charge in [0.2, 0.25) is 0 Å². The molecular formula is C12H14N4O2. The van der Waals surface area contributed by atoms with E-state index in [0.29, 0.717) is 11.5 Å². The third-order valence-electron chi connectivity index (χ3n) is 2.69. The topological polar surface area (TPSA) is 82.6 Å². The van der Waals surface area contributed by atoms with Crippen LogP contribution in [0.4, 0.5) is 10.5 Å². The largest absolute Gasteiger partial charge is 0.324 e. The van der Waals surface area contributed by atoms with Crippen molar-refractivity contribution in [3.05, 3.63) is 30.3 Å². The van der Waals surface area contributed by atoms with Gasteiger partial charge in [0.05, 0.1) is 0 Å². The fourth-order valence-electron chi connectivity index (χ4n) is 1.47. The van der Waals surface area contributed by atoms with Crippen molar-refractivity contribution in [1.29, 1.82) is 0 Å². The molecule has 18 heavy (non-hydrogen) atoms. The highest BCUT2D eigenvalue weighted by Crippen LogP contribution is 2.20. The van der Waals surface area contributed by atoms with E-state index in [4.69, 9.17) is 0 Å². The van der Waals surface area contributed by atoms with Crippen molar-refractivity contribution in [2.24, 2.45) is 10.5 Å². The first-order chi connectivity index (χ1) is 8.50. The molecule has 0 bridgehead atoms. The quantitative estimate of drug-likeness (QED) is 0.697. The maximum atomic E-state index is 11.7. The number of carbonyl (C=O) groups excluding carboxylic acids is 2. The number of hydrogen-bond donors (Lipinski definition) is 3. The molecule has 0 fully saturated rings. The Bertz CT molecular complexity index is 508. The Kier molecular flexibility index (Phi) is 3.01. The molecule has 0 saturated carbocycles. The number of urea groups is 1. The molecule has 0 spiro atoms. The number of nitrogens with one attached hydrogen (secondary N) is 3. The van der Waals surface area contributed by atoms with Crippen LogP contribution in [0.3, 0.4) is 0 Å². The molecule has 6 nitrogen and oxygen atoms in total. The molecule has 0 aliphatic carbocycles. The van der Waals surface area contributed by atoms with Crippen LogP contribution in [-0.4, -0.2) is 17.8 Å². The number of anilines is 1. The predicted molar refractivity (Wildman–Crippen MR) is 68.0 cm³/mol. The highest BCUT2D eigenvalue weighted by atomic mass is 16.2. The van der Waals surface area contributed by atoms with E-state index < -0.39 is 11.4 Å². The van der Waals surface area contributed by atoms with E-state index in [9.17, 15) is 9.59 Å². The molecule has 1 aliphatic heterocycles. The zero-order valence-corrected chi connectivity index (χ0v) is 10.2. The third-order valence-corrected chi connectivity index (χ3v) is 2.69. The summed E-state index contributed by atoms with van der Waals surface area (Å²) >= 11 is 0. The van der Waals surface area contributed by atoms with Crippen molar-refractivity contribution in [2.45, 2.75) is 13.8 Å². The van der Waals surface area contributed by atoms with Crippen LogP contribution in [0.2, 0.25) is 0 Å². The minimum Gasteiger partial charge on any atom is -0.308 e. The summed E-state index contributed by atoms with van der Waals surface area (Å²) in [6.45, 7) is 3.38. The highest BCUT2D eigenvalue weighted by molar-refractivity contribution is 6.16. The van der Waals surface area contributed by atoms with Gasteiger partial charge in [0.1, 0.15) is 11.3 Å². The molecule has 1 heterocycles. The summed E-state index contributed by atoms with van der Waals surface area (Å²) in [6, 6.07) is 8.60. The number of hydrogen-bond acceptors (Lipinski definition) is 3. The molecule has 3 amide bonds. The Morgan fingerprint density at radius 1 is 1.22 bits per heavy atom. The highest BCUT2D eigenvalue weighted by Gasteiger charge is 2.39. The Balaban J connectivity index is 1.99. The van der Waals surface area contributed by atoms with Crippen LogP contribution in [-0.2, 0) is 4.79 Å². The van der Waals surface area contributed by atoms with Crippen LogP contribution in [0, 0.1) is 5.41 Å². The van der Waals surface area contributed by atoms with Gasteiger partial charge in [-0.25, -0.2) is 10.2 Å². The Hall–Kier alpha value is -2.37. The first-order valence-corrected chi connectivity index (χ1v) is 5.52. The van der Waals surface area contributed by atoms with Crippen LogP contribution >= 0.6 is 0 Å². The normalized spacial score (nSPS) is 16.8. The lowest BCUT2D eigenvalue weighted by atomic mass is 9.92. The summed E-state index contributed by atoms with van der Waals surface area (Å²) in [5.74, 6) is 0.0680. The number of amides is 3. The van der Waals surface area contributed by atoms with Gasteiger partial charge in [-0.1, -0.05) is 18.2 Å². The molecule has 1 aliphatic rings. The van der Waals surface area contributed by atoms with Gasteiger partial charge < -0.3 is 5.32 Å². The number of para-hydroxylation sites is 1. The summed E-state index contributed by atoms with van der Waals surface area (Å²) < 4.78 is 0. The van der Waals surface area contributed by atoms with Gasteiger partial charge in [-0.2, -0.15) is 5.10 Å². The molecule has 1 aromatic carbocycles. The Labute approximate surface area is 104 Å². The molecule has 94 valence electrons. The van der Waals surface area contributed by atoms with E-state index in [1.54, 1.807) is 26.0 Å². The molecule has 0 aromatic heterocycles.